The average Bonchev–Trinajstić information content (AvgIpc) is 3.09. The number of nitrogens with zero attached hydrogens (tertiary/aromatic N) is 2. The molecule has 0 aliphatic carbocycles. The summed E-state index contributed by atoms with van der Waals surface area (Å²) in [7, 11) is 0. The van der Waals surface area contributed by atoms with E-state index in [2.05, 4.69) is 6.07 Å². The molecule has 0 spiro atoms. The van der Waals surface area contributed by atoms with E-state index in [1.165, 1.54) is 0 Å². The van der Waals surface area contributed by atoms with Gasteiger partial charge in [0.05, 0.1) is 11.6 Å². The molecule has 5 nitrogen and oxygen atoms in total. The van der Waals surface area contributed by atoms with E-state index in [9.17, 15) is 4.79 Å². The Labute approximate surface area is 141 Å². The van der Waals surface area contributed by atoms with Crippen molar-refractivity contribution >= 4 is 5.91 Å². The monoisotopic (exact) mass is 322 g/mol. The van der Waals surface area contributed by atoms with Crippen LogP contribution in [0.5, 0.6) is 11.5 Å². The molecule has 1 aliphatic heterocycles. The predicted octanol–water partition coefficient (Wildman–Crippen LogP) is 3.34. The highest BCUT2D eigenvalue weighted by Crippen LogP contribution is 2.32. The zero-order chi connectivity index (χ0) is 16.9. The molecule has 0 saturated heterocycles. The molecule has 2 aromatic carbocycles. The molecule has 1 heterocycles. The van der Waals surface area contributed by atoms with Gasteiger partial charge in [-0.2, -0.15) is 5.26 Å². The third-order valence-corrected chi connectivity index (χ3v) is 3.86. The predicted molar refractivity (Wildman–Crippen MR) is 88.8 cm³/mol. The number of hydrogen-bond acceptors (Lipinski definition) is 4. The minimum Gasteiger partial charge on any atom is -0.454 e. The van der Waals surface area contributed by atoms with Crippen LogP contribution in [0.4, 0.5) is 0 Å². The summed E-state index contributed by atoms with van der Waals surface area (Å²) in [5.74, 6) is 1.23. The Hall–Kier alpha value is -3.00. The van der Waals surface area contributed by atoms with E-state index in [0.29, 0.717) is 35.7 Å². The van der Waals surface area contributed by atoms with Crippen molar-refractivity contribution in [1.29, 1.82) is 5.26 Å². The highest BCUT2D eigenvalue weighted by Gasteiger charge is 2.20. The standard InChI is InChI=1S/C19H18N2O3/c1-2-9-21(12-15-5-3-14(11-20)4-6-15)19(22)16-7-8-17-18(10-16)24-13-23-17/h3-8,10H,2,9,12-13H2,1H3. The van der Waals surface area contributed by atoms with Crippen LogP contribution in [0.25, 0.3) is 0 Å². The number of benzene rings is 2. The first-order chi connectivity index (χ1) is 11.7. The van der Waals surface area contributed by atoms with E-state index in [1.54, 1.807) is 35.2 Å². The first-order valence-corrected chi connectivity index (χ1v) is 7.89. The SMILES string of the molecule is CCCN(Cc1ccc(C#N)cc1)C(=O)c1ccc2c(c1)OCO2. The topological polar surface area (TPSA) is 62.6 Å². The summed E-state index contributed by atoms with van der Waals surface area (Å²) in [4.78, 5) is 14.6. The Morgan fingerprint density at radius 1 is 1.17 bits per heavy atom. The molecule has 1 aliphatic rings. The maximum Gasteiger partial charge on any atom is 0.254 e. The maximum atomic E-state index is 12.8. The van der Waals surface area contributed by atoms with Crippen molar-refractivity contribution in [2.24, 2.45) is 0 Å². The molecule has 24 heavy (non-hydrogen) atoms. The second-order valence-electron chi connectivity index (χ2n) is 5.60. The van der Waals surface area contributed by atoms with Crippen LogP contribution in [0, 0.1) is 11.3 Å². The van der Waals surface area contributed by atoms with Gasteiger partial charge in [-0.1, -0.05) is 19.1 Å². The number of amides is 1. The van der Waals surface area contributed by atoms with Gasteiger partial charge in [0.15, 0.2) is 11.5 Å². The Kier molecular flexibility index (Phi) is 4.66. The van der Waals surface area contributed by atoms with Crippen molar-refractivity contribution in [3.05, 3.63) is 59.2 Å². The summed E-state index contributed by atoms with van der Waals surface area (Å²) in [6.45, 7) is 3.40. The molecule has 1 amide bonds. The fourth-order valence-electron chi connectivity index (χ4n) is 2.64. The number of hydrogen-bond donors (Lipinski definition) is 0. The smallest absolute Gasteiger partial charge is 0.254 e. The number of rotatable bonds is 5. The van der Waals surface area contributed by atoms with Crippen LogP contribution in [0.15, 0.2) is 42.5 Å². The zero-order valence-corrected chi connectivity index (χ0v) is 13.5. The maximum absolute atomic E-state index is 12.8. The van der Waals surface area contributed by atoms with E-state index in [-0.39, 0.29) is 12.7 Å². The molecule has 0 N–H and O–H groups in total. The van der Waals surface area contributed by atoms with Gasteiger partial charge in [-0.05, 0) is 42.3 Å². The van der Waals surface area contributed by atoms with Crippen molar-refractivity contribution in [1.82, 2.24) is 4.90 Å². The van der Waals surface area contributed by atoms with Crippen LogP contribution >= 0.6 is 0 Å². The third-order valence-electron chi connectivity index (χ3n) is 3.86. The summed E-state index contributed by atoms with van der Waals surface area (Å²) < 4.78 is 10.6. The number of ether oxygens (including phenoxy) is 2. The molecule has 0 radical (unpaired) electrons. The molecule has 0 unspecified atom stereocenters. The molecule has 2 aromatic rings. The lowest BCUT2D eigenvalue weighted by molar-refractivity contribution is 0.0743. The van der Waals surface area contributed by atoms with Gasteiger partial charge in [0.2, 0.25) is 6.79 Å². The van der Waals surface area contributed by atoms with Crippen LogP contribution in [0.3, 0.4) is 0 Å². The number of fused-ring (bicyclic) bond motifs is 1. The summed E-state index contributed by atoms with van der Waals surface area (Å²) in [5.41, 5.74) is 2.20. The normalized spacial score (nSPS) is 11.8. The third kappa shape index (κ3) is 3.33. The Balaban J connectivity index is 1.79. The highest BCUT2D eigenvalue weighted by atomic mass is 16.7. The van der Waals surface area contributed by atoms with Crippen molar-refractivity contribution in [3.8, 4) is 17.6 Å². The van der Waals surface area contributed by atoms with E-state index >= 15 is 0 Å². The molecule has 0 aromatic heterocycles. The fourth-order valence-corrected chi connectivity index (χ4v) is 2.64. The van der Waals surface area contributed by atoms with Crippen molar-refractivity contribution < 1.29 is 14.3 Å². The number of nitriles is 1. The molecule has 5 heteroatoms. The molecule has 3 rings (SSSR count). The summed E-state index contributed by atoms with van der Waals surface area (Å²) >= 11 is 0. The minimum atomic E-state index is -0.0421. The van der Waals surface area contributed by atoms with Crippen LogP contribution in [0.1, 0.15) is 34.8 Å². The number of carbonyl (C=O) groups excluding carboxylic acids is 1. The first kappa shape index (κ1) is 15.9. The van der Waals surface area contributed by atoms with Gasteiger partial charge < -0.3 is 14.4 Å². The van der Waals surface area contributed by atoms with Gasteiger partial charge in [0.1, 0.15) is 0 Å². The van der Waals surface area contributed by atoms with Crippen LogP contribution in [-0.2, 0) is 6.54 Å². The van der Waals surface area contributed by atoms with Gasteiger partial charge in [-0.3, -0.25) is 4.79 Å². The van der Waals surface area contributed by atoms with Gasteiger partial charge in [-0.15, -0.1) is 0 Å². The van der Waals surface area contributed by atoms with Crippen LogP contribution < -0.4 is 9.47 Å². The lowest BCUT2D eigenvalue weighted by Crippen LogP contribution is -2.31. The molecule has 0 fully saturated rings. The van der Waals surface area contributed by atoms with Gasteiger partial charge in [-0.25, -0.2) is 0 Å². The average molecular weight is 322 g/mol. The van der Waals surface area contributed by atoms with Crippen LogP contribution in [-0.4, -0.2) is 24.1 Å². The summed E-state index contributed by atoms with van der Waals surface area (Å²) in [5, 5.41) is 8.87. The van der Waals surface area contributed by atoms with E-state index in [4.69, 9.17) is 14.7 Å². The quantitative estimate of drug-likeness (QED) is 0.847. The largest absolute Gasteiger partial charge is 0.454 e. The summed E-state index contributed by atoms with van der Waals surface area (Å²) in [6, 6.07) is 14.7. The van der Waals surface area contributed by atoms with Gasteiger partial charge in [0, 0.05) is 18.7 Å². The lowest BCUT2D eigenvalue weighted by Gasteiger charge is -2.22. The van der Waals surface area contributed by atoms with Crippen LogP contribution in [0.2, 0.25) is 0 Å². The second-order valence-corrected chi connectivity index (χ2v) is 5.60. The molecular weight excluding hydrogens is 304 g/mol. The lowest BCUT2D eigenvalue weighted by atomic mass is 10.1. The molecule has 0 saturated carbocycles. The summed E-state index contributed by atoms with van der Waals surface area (Å²) in [6.07, 6.45) is 0.868. The highest BCUT2D eigenvalue weighted by molar-refractivity contribution is 5.95. The molecule has 0 atom stereocenters. The Morgan fingerprint density at radius 2 is 1.92 bits per heavy atom. The van der Waals surface area contributed by atoms with Crippen molar-refractivity contribution in [2.75, 3.05) is 13.3 Å². The zero-order valence-electron chi connectivity index (χ0n) is 13.5. The Bertz CT molecular complexity index is 778. The van der Waals surface area contributed by atoms with E-state index in [1.807, 2.05) is 19.1 Å². The van der Waals surface area contributed by atoms with Gasteiger partial charge in [0.25, 0.3) is 5.91 Å². The van der Waals surface area contributed by atoms with Gasteiger partial charge >= 0.3 is 0 Å². The fraction of sp³-hybridized carbons (Fsp3) is 0.263. The first-order valence-electron chi connectivity index (χ1n) is 7.89. The Morgan fingerprint density at radius 3 is 2.62 bits per heavy atom. The molecule has 122 valence electrons. The second kappa shape index (κ2) is 7.05. The van der Waals surface area contributed by atoms with E-state index in [0.717, 1.165) is 12.0 Å². The molecular formula is C19H18N2O3. The van der Waals surface area contributed by atoms with Crippen molar-refractivity contribution in [3.63, 3.8) is 0 Å². The number of carbonyl (C=O) groups is 1. The van der Waals surface area contributed by atoms with E-state index < -0.39 is 0 Å². The molecule has 0 bridgehead atoms. The minimum absolute atomic E-state index is 0.0421. The van der Waals surface area contributed by atoms with Crippen molar-refractivity contribution in [2.45, 2.75) is 19.9 Å².